The van der Waals surface area contributed by atoms with Crippen molar-refractivity contribution in [2.45, 2.75) is 51.0 Å². The van der Waals surface area contributed by atoms with Gasteiger partial charge in [0.05, 0.1) is 5.92 Å². The molecule has 0 bridgehead atoms. The average molecular weight is 400 g/mol. The molecular weight excluding hydrogens is 366 g/mol. The first-order valence-electron chi connectivity index (χ1n) is 11.1. The van der Waals surface area contributed by atoms with Gasteiger partial charge in [-0.3, -0.25) is 4.79 Å². The summed E-state index contributed by atoms with van der Waals surface area (Å²) in [6.07, 6.45) is 7.07. The van der Waals surface area contributed by atoms with E-state index in [9.17, 15) is 9.59 Å². The Kier molecular flexibility index (Phi) is 6.38. The lowest BCUT2D eigenvalue weighted by atomic mass is 9.71. The van der Waals surface area contributed by atoms with Crippen LogP contribution >= 0.6 is 0 Å². The van der Waals surface area contributed by atoms with Crippen molar-refractivity contribution >= 4 is 11.9 Å². The quantitative estimate of drug-likeness (QED) is 0.800. The smallest absolute Gasteiger partial charge is 0.317 e. The molecule has 29 heavy (non-hydrogen) atoms. The molecular formula is C23H33N3O3. The van der Waals surface area contributed by atoms with E-state index in [1.165, 1.54) is 18.4 Å². The largest absolute Gasteiger partial charge is 0.381 e. The first-order chi connectivity index (χ1) is 14.2. The molecule has 2 heterocycles. The van der Waals surface area contributed by atoms with Crippen molar-refractivity contribution in [1.29, 1.82) is 0 Å². The van der Waals surface area contributed by atoms with E-state index in [-0.39, 0.29) is 23.3 Å². The number of hydrogen-bond acceptors (Lipinski definition) is 3. The standard InChI is InChI=1S/C23H33N3O3/c27-21(25-19-8-4-5-9-19)20-16-26(17-23(20)11-14-29-15-12-23)22(28)24-13-10-18-6-2-1-3-7-18/h1-3,6-7,19-20H,4-5,8-17H2,(H,24,28)(H,25,27). The Balaban J connectivity index is 1.36. The van der Waals surface area contributed by atoms with Gasteiger partial charge in [0.15, 0.2) is 0 Å². The maximum atomic E-state index is 13.1. The minimum Gasteiger partial charge on any atom is -0.381 e. The van der Waals surface area contributed by atoms with Gasteiger partial charge in [-0.1, -0.05) is 43.2 Å². The van der Waals surface area contributed by atoms with Crippen LogP contribution in [0.3, 0.4) is 0 Å². The van der Waals surface area contributed by atoms with Gasteiger partial charge >= 0.3 is 6.03 Å². The van der Waals surface area contributed by atoms with Gasteiger partial charge in [-0.25, -0.2) is 4.79 Å². The fourth-order valence-corrected chi connectivity index (χ4v) is 5.21. The van der Waals surface area contributed by atoms with Crippen molar-refractivity contribution in [1.82, 2.24) is 15.5 Å². The molecule has 158 valence electrons. The molecule has 6 nitrogen and oxygen atoms in total. The van der Waals surface area contributed by atoms with Crippen molar-refractivity contribution < 1.29 is 14.3 Å². The zero-order valence-corrected chi connectivity index (χ0v) is 17.2. The molecule has 0 aromatic heterocycles. The molecule has 2 aliphatic heterocycles. The van der Waals surface area contributed by atoms with Crippen LogP contribution in [-0.4, -0.2) is 55.7 Å². The summed E-state index contributed by atoms with van der Waals surface area (Å²) in [4.78, 5) is 27.8. The molecule has 2 N–H and O–H groups in total. The molecule has 1 saturated carbocycles. The highest BCUT2D eigenvalue weighted by molar-refractivity contribution is 5.83. The number of hydrogen-bond donors (Lipinski definition) is 2. The monoisotopic (exact) mass is 399 g/mol. The number of amides is 3. The zero-order chi connectivity index (χ0) is 20.1. The molecule has 2 saturated heterocycles. The fourth-order valence-electron chi connectivity index (χ4n) is 5.21. The van der Waals surface area contributed by atoms with E-state index in [0.717, 1.165) is 32.1 Å². The molecule has 6 heteroatoms. The van der Waals surface area contributed by atoms with E-state index in [0.29, 0.717) is 38.9 Å². The number of nitrogens with one attached hydrogen (secondary N) is 2. The number of carbonyl (C=O) groups excluding carboxylic acids is 2. The van der Waals surface area contributed by atoms with Gasteiger partial charge in [0, 0.05) is 44.3 Å². The predicted molar refractivity (Wildman–Crippen MR) is 111 cm³/mol. The minimum atomic E-state index is -0.141. The third-order valence-corrected chi connectivity index (χ3v) is 6.97. The molecule has 1 spiro atoms. The molecule has 1 aliphatic carbocycles. The Hall–Kier alpha value is -2.08. The van der Waals surface area contributed by atoms with Crippen molar-refractivity contribution in [2.75, 3.05) is 32.8 Å². The van der Waals surface area contributed by atoms with Crippen LogP contribution in [0.4, 0.5) is 4.79 Å². The Morgan fingerprint density at radius 3 is 2.55 bits per heavy atom. The van der Waals surface area contributed by atoms with E-state index in [4.69, 9.17) is 4.74 Å². The van der Waals surface area contributed by atoms with Gasteiger partial charge in [-0.2, -0.15) is 0 Å². The molecule has 3 aliphatic rings. The number of ether oxygens (including phenoxy) is 1. The van der Waals surface area contributed by atoms with Crippen LogP contribution in [0.2, 0.25) is 0 Å². The third kappa shape index (κ3) is 4.74. The first kappa shape index (κ1) is 20.2. The minimum absolute atomic E-state index is 0.0528. The van der Waals surface area contributed by atoms with Gasteiger partial charge in [0.2, 0.25) is 5.91 Å². The van der Waals surface area contributed by atoms with E-state index in [1.807, 2.05) is 23.1 Å². The van der Waals surface area contributed by atoms with Crippen LogP contribution in [0.15, 0.2) is 30.3 Å². The van der Waals surface area contributed by atoms with Gasteiger partial charge < -0.3 is 20.3 Å². The number of benzene rings is 1. The lowest BCUT2D eigenvalue weighted by Crippen LogP contribution is -2.46. The summed E-state index contributed by atoms with van der Waals surface area (Å²) in [7, 11) is 0. The van der Waals surface area contributed by atoms with E-state index in [1.54, 1.807) is 0 Å². The van der Waals surface area contributed by atoms with Crippen LogP contribution in [0.5, 0.6) is 0 Å². The van der Waals surface area contributed by atoms with Crippen molar-refractivity contribution in [3.05, 3.63) is 35.9 Å². The SMILES string of the molecule is O=C(NC1CCCC1)C1CN(C(=O)NCCc2ccccc2)CC12CCOCC2. The molecule has 3 amide bonds. The van der Waals surface area contributed by atoms with Gasteiger partial charge in [-0.15, -0.1) is 0 Å². The molecule has 1 unspecified atom stereocenters. The maximum absolute atomic E-state index is 13.1. The van der Waals surface area contributed by atoms with Crippen LogP contribution in [0.1, 0.15) is 44.1 Å². The second-order valence-corrected chi connectivity index (χ2v) is 8.87. The highest BCUT2D eigenvalue weighted by Gasteiger charge is 2.52. The highest BCUT2D eigenvalue weighted by Crippen LogP contribution is 2.44. The van der Waals surface area contributed by atoms with Crippen molar-refractivity contribution in [3.63, 3.8) is 0 Å². The number of likely N-dealkylation sites (tertiary alicyclic amines) is 1. The topological polar surface area (TPSA) is 70.7 Å². The van der Waals surface area contributed by atoms with Crippen LogP contribution in [0, 0.1) is 11.3 Å². The fraction of sp³-hybridized carbons (Fsp3) is 0.652. The zero-order valence-electron chi connectivity index (χ0n) is 17.2. The normalized spacial score (nSPS) is 24.0. The molecule has 1 aromatic rings. The van der Waals surface area contributed by atoms with Crippen molar-refractivity contribution in [3.8, 4) is 0 Å². The Bertz CT molecular complexity index is 697. The van der Waals surface area contributed by atoms with E-state index in [2.05, 4.69) is 22.8 Å². The summed E-state index contributed by atoms with van der Waals surface area (Å²) in [5.74, 6) is 0.00487. The summed E-state index contributed by atoms with van der Waals surface area (Å²) >= 11 is 0. The second-order valence-electron chi connectivity index (χ2n) is 8.87. The van der Waals surface area contributed by atoms with Gasteiger partial charge in [0.25, 0.3) is 0 Å². The highest BCUT2D eigenvalue weighted by atomic mass is 16.5. The Morgan fingerprint density at radius 2 is 1.83 bits per heavy atom. The number of rotatable bonds is 5. The lowest BCUT2D eigenvalue weighted by Gasteiger charge is -2.37. The van der Waals surface area contributed by atoms with Crippen LogP contribution < -0.4 is 10.6 Å². The molecule has 1 atom stereocenters. The summed E-state index contributed by atoms with van der Waals surface area (Å²) in [5.41, 5.74) is 1.07. The number of urea groups is 1. The summed E-state index contributed by atoms with van der Waals surface area (Å²) in [6.45, 7) is 3.12. The second kappa shape index (κ2) is 9.16. The third-order valence-electron chi connectivity index (χ3n) is 6.97. The maximum Gasteiger partial charge on any atom is 0.317 e. The number of carbonyl (C=O) groups is 2. The van der Waals surface area contributed by atoms with Crippen LogP contribution in [0.25, 0.3) is 0 Å². The predicted octanol–water partition coefficient (Wildman–Crippen LogP) is 2.73. The van der Waals surface area contributed by atoms with Gasteiger partial charge in [-0.05, 0) is 37.7 Å². The van der Waals surface area contributed by atoms with E-state index < -0.39 is 0 Å². The molecule has 3 fully saturated rings. The molecule has 4 rings (SSSR count). The summed E-state index contributed by atoms with van der Waals surface area (Å²) in [6, 6.07) is 10.4. The van der Waals surface area contributed by atoms with Crippen LogP contribution in [-0.2, 0) is 16.0 Å². The number of nitrogens with zero attached hydrogens (tertiary/aromatic N) is 1. The first-order valence-corrected chi connectivity index (χ1v) is 11.1. The summed E-state index contributed by atoms with van der Waals surface area (Å²) in [5, 5.41) is 6.33. The summed E-state index contributed by atoms with van der Waals surface area (Å²) < 4.78 is 5.58. The average Bonchev–Trinajstić information content (AvgIpc) is 3.37. The molecule has 0 radical (unpaired) electrons. The lowest BCUT2D eigenvalue weighted by molar-refractivity contribution is -0.130. The molecule has 1 aromatic carbocycles. The van der Waals surface area contributed by atoms with Gasteiger partial charge in [0.1, 0.15) is 0 Å². The Labute approximate surface area is 173 Å². The van der Waals surface area contributed by atoms with E-state index >= 15 is 0 Å². The Morgan fingerprint density at radius 1 is 1.10 bits per heavy atom. The van der Waals surface area contributed by atoms with Crippen molar-refractivity contribution in [2.24, 2.45) is 11.3 Å².